The average molecular weight is 410 g/mol. The Labute approximate surface area is 156 Å². The molecule has 6 nitrogen and oxygen atoms in total. The minimum atomic E-state index is -0.490. The summed E-state index contributed by atoms with van der Waals surface area (Å²) < 4.78 is 14.4. The van der Waals surface area contributed by atoms with Gasteiger partial charge in [-0.15, -0.1) is 0 Å². The highest BCUT2D eigenvalue weighted by atomic mass is 79.9. The summed E-state index contributed by atoms with van der Waals surface area (Å²) in [5.74, 6) is 0. The lowest BCUT2D eigenvalue weighted by atomic mass is 10.2. The first-order chi connectivity index (χ1) is 11.7. The summed E-state index contributed by atoms with van der Waals surface area (Å²) in [5.41, 5.74) is 1.61. The molecule has 25 heavy (non-hydrogen) atoms. The first-order valence-corrected chi connectivity index (χ1v) is 9.23. The van der Waals surface area contributed by atoms with Crippen LogP contribution in [0.4, 0.5) is 4.79 Å². The molecular formula is C18H24BrN3O3. The maximum Gasteiger partial charge on any atom is 0.410 e. The number of ether oxygens (including phenoxy) is 2. The van der Waals surface area contributed by atoms with Crippen LogP contribution in [0.1, 0.15) is 26.3 Å². The molecule has 0 aromatic carbocycles. The number of nitrogens with zero attached hydrogens (tertiary/aromatic N) is 3. The fourth-order valence-electron chi connectivity index (χ4n) is 3.00. The lowest BCUT2D eigenvalue weighted by Gasteiger charge is -2.34. The Hall–Kier alpha value is -1.60. The second kappa shape index (κ2) is 6.96. The molecule has 3 heterocycles. The number of carbonyl (C=O) groups excluding carboxylic acids is 1. The fraction of sp³-hybridized carbons (Fsp3) is 0.556. The summed E-state index contributed by atoms with van der Waals surface area (Å²) in [4.78, 5) is 18.5. The molecular weight excluding hydrogens is 386 g/mol. The number of hydrogen-bond acceptors (Lipinski definition) is 4. The van der Waals surface area contributed by atoms with E-state index in [1.165, 1.54) is 5.56 Å². The highest BCUT2D eigenvalue weighted by Crippen LogP contribution is 2.23. The molecule has 1 aliphatic rings. The van der Waals surface area contributed by atoms with Crippen molar-refractivity contribution in [2.24, 2.45) is 0 Å². The standard InChI is InChI=1S/C18H24BrN3O3/c1-12-9-22(16-15(12)7-13(19)8-20-16)11-14-10-21(5-6-24-14)17(23)25-18(2,3)4/h7-9,14H,5-6,10-11H2,1-4H3/t14-/m1/s1. The van der Waals surface area contributed by atoms with Gasteiger partial charge in [-0.1, -0.05) is 0 Å². The quantitative estimate of drug-likeness (QED) is 0.757. The third-order valence-corrected chi connectivity index (χ3v) is 4.50. The largest absolute Gasteiger partial charge is 0.444 e. The van der Waals surface area contributed by atoms with Crippen LogP contribution in [-0.2, 0) is 16.0 Å². The molecule has 1 aliphatic heterocycles. The van der Waals surface area contributed by atoms with E-state index < -0.39 is 5.60 Å². The molecule has 0 unspecified atom stereocenters. The van der Waals surface area contributed by atoms with Gasteiger partial charge in [0, 0.05) is 28.8 Å². The van der Waals surface area contributed by atoms with Crippen LogP contribution in [0.5, 0.6) is 0 Å². The van der Waals surface area contributed by atoms with Crippen LogP contribution >= 0.6 is 15.9 Å². The average Bonchev–Trinajstić information content (AvgIpc) is 2.81. The van der Waals surface area contributed by atoms with Crippen LogP contribution in [-0.4, -0.2) is 51.9 Å². The predicted molar refractivity (Wildman–Crippen MR) is 99.7 cm³/mol. The molecule has 0 bridgehead atoms. The monoisotopic (exact) mass is 409 g/mol. The van der Waals surface area contributed by atoms with Gasteiger partial charge in [0.2, 0.25) is 0 Å². The zero-order valence-electron chi connectivity index (χ0n) is 15.1. The summed E-state index contributed by atoms with van der Waals surface area (Å²) >= 11 is 3.47. The zero-order valence-corrected chi connectivity index (χ0v) is 16.7. The molecule has 1 amide bonds. The summed E-state index contributed by atoms with van der Waals surface area (Å²) in [5, 5.41) is 1.12. The molecule has 136 valence electrons. The van der Waals surface area contributed by atoms with E-state index in [1.807, 2.05) is 20.8 Å². The number of rotatable bonds is 2. The fourth-order valence-corrected chi connectivity index (χ4v) is 3.33. The van der Waals surface area contributed by atoms with E-state index >= 15 is 0 Å². The Morgan fingerprint density at radius 1 is 1.48 bits per heavy atom. The maximum atomic E-state index is 12.3. The van der Waals surface area contributed by atoms with E-state index in [2.05, 4.69) is 44.7 Å². The summed E-state index contributed by atoms with van der Waals surface area (Å²) in [7, 11) is 0. The molecule has 1 fully saturated rings. The van der Waals surface area contributed by atoms with Gasteiger partial charge in [0.25, 0.3) is 0 Å². The summed E-state index contributed by atoms with van der Waals surface area (Å²) in [6, 6.07) is 2.07. The Balaban J connectivity index is 1.72. The number of fused-ring (bicyclic) bond motifs is 1. The number of amides is 1. The number of aromatic nitrogens is 2. The van der Waals surface area contributed by atoms with Crippen molar-refractivity contribution in [3.63, 3.8) is 0 Å². The molecule has 0 aliphatic carbocycles. The topological polar surface area (TPSA) is 56.6 Å². The van der Waals surface area contributed by atoms with E-state index in [-0.39, 0.29) is 12.2 Å². The molecule has 0 N–H and O–H groups in total. The van der Waals surface area contributed by atoms with Crippen LogP contribution in [0.15, 0.2) is 22.9 Å². The number of pyridine rings is 1. The molecule has 0 radical (unpaired) electrons. The minimum absolute atomic E-state index is 0.0817. The molecule has 0 saturated carbocycles. The lowest BCUT2D eigenvalue weighted by Crippen LogP contribution is -2.48. The van der Waals surface area contributed by atoms with Crippen molar-refractivity contribution in [2.45, 2.75) is 45.9 Å². The third kappa shape index (κ3) is 4.33. The Bertz CT molecular complexity index is 782. The number of carbonyl (C=O) groups is 1. The molecule has 3 rings (SSSR count). The minimum Gasteiger partial charge on any atom is -0.444 e. The van der Waals surface area contributed by atoms with Crippen molar-refractivity contribution in [1.82, 2.24) is 14.5 Å². The number of aryl methyl sites for hydroxylation is 1. The van der Waals surface area contributed by atoms with Crippen LogP contribution in [0.2, 0.25) is 0 Å². The first kappa shape index (κ1) is 18.2. The van der Waals surface area contributed by atoms with Crippen molar-refractivity contribution in [3.8, 4) is 0 Å². The van der Waals surface area contributed by atoms with Crippen molar-refractivity contribution >= 4 is 33.1 Å². The summed E-state index contributed by atoms with van der Waals surface area (Å²) in [6.45, 7) is 9.94. The highest BCUT2D eigenvalue weighted by molar-refractivity contribution is 9.10. The van der Waals surface area contributed by atoms with Crippen LogP contribution in [0.3, 0.4) is 0 Å². The molecule has 0 spiro atoms. The summed E-state index contributed by atoms with van der Waals surface area (Å²) in [6.07, 6.45) is 3.52. The second-order valence-corrected chi connectivity index (χ2v) is 8.32. The first-order valence-electron chi connectivity index (χ1n) is 8.43. The van der Waals surface area contributed by atoms with Gasteiger partial charge < -0.3 is 18.9 Å². The van der Waals surface area contributed by atoms with Gasteiger partial charge >= 0.3 is 6.09 Å². The van der Waals surface area contributed by atoms with E-state index in [0.29, 0.717) is 26.2 Å². The molecule has 1 saturated heterocycles. The molecule has 7 heteroatoms. The van der Waals surface area contributed by atoms with Gasteiger partial charge in [-0.3, -0.25) is 0 Å². The van der Waals surface area contributed by atoms with Crippen molar-refractivity contribution in [2.75, 3.05) is 19.7 Å². The lowest BCUT2D eigenvalue weighted by molar-refractivity contribution is -0.0469. The Morgan fingerprint density at radius 2 is 2.24 bits per heavy atom. The Kier molecular flexibility index (Phi) is 5.06. The van der Waals surface area contributed by atoms with Crippen LogP contribution in [0, 0.1) is 6.92 Å². The van der Waals surface area contributed by atoms with Gasteiger partial charge in [-0.25, -0.2) is 9.78 Å². The van der Waals surface area contributed by atoms with Gasteiger partial charge in [-0.2, -0.15) is 0 Å². The van der Waals surface area contributed by atoms with Crippen molar-refractivity contribution in [3.05, 3.63) is 28.5 Å². The van der Waals surface area contributed by atoms with E-state index in [4.69, 9.17) is 9.47 Å². The zero-order chi connectivity index (χ0) is 18.2. The normalized spacial score (nSPS) is 18.6. The van der Waals surface area contributed by atoms with Crippen molar-refractivity contribution in [1.29, 1.82) is 0 Å². The Morgan fingerprint density at radius 3 is 2.96 bits per heavy atom. The van der Waals surface area contributed by atoms with Crippen LogP contribution < -0.4 is 0 Å². The van der Waals surface area contributed by atoms with Crippen LogP contribution in [0.25, 0.3) is 11.0 Å². The molecule has 2 aromatic heterocycles. The van der Waals surface area contributed by atoms with E-state index in [9.17, 15) is 4.79 Å². The SMILES string of the molecule is Cc1cn(C[C@H]2CN(C(=O)OC(C)(C)C)CCO2)c2ncc(Br)cc12. The van der Waals surface area contributed by atoms with Gasteiger partial charge in [0.05, 0.1) is 25.8 Å². The number of halogens is 1. The maximum absolute atomic E-state index is 12.3. The van der Waals surface area contributed by atoms with Crippen molar-refractivity contribution < 1.29 is 14.3 Å². The number of hydrogen-bond donors (Lipinski definition) is 0. The third-order valence-electron chi connectivity index (χ3n) is 4.07. The van der Waals surface area contributed by atoms with Gasteiger partial charge in [0.1, 0.15) is 11.2 Å². The smallest absolute Gasteiger partial charge is 0.410 e. The predicted octanol–water partition coefficient (Wildman–Crippen LogP) is 3.74. The highest BCUT2D eigenvalue weighted by Gasteiger charge is 2.28. The second-order valence-electron chi connectivity index (χ2n) is 7.41. The van der Waals surface area contributed by atoms with E-state index in [0.717, 1.165) is 15.5 Å². The van der Waals surface area contributed by atoms with Gasteiger partial charge in [-0.05, 0) is 55.3 Å². The number of morpholine rings is 1. The molecule has 2 aromatic rings. The van der Waals surface area contributed by atoms with E-state index in [1.54, 1.807) is 11.1 Å². The molecule has 1 atom stereocenters. The van der Waals surface area contributed by atoms with Gasteiger partial charge in [0.15, 0.2) is 0 Å².